The minimum Gasteiger partial charge on any atom is -1.00 e. The monoisotopic (exact) mass is 495 g/mol. The van der Waals surface area contributed by atoms with E-state index < -0.39 is 0 Å². The molecule has 1 aromatic rings. The molecule has 0 aliphatic carbocycles. The lowest BCUT2D eigenvalue weighted by Crippen LogP contribution is -3.00. The van der Waals surface area contributed by atoms with E-state index in [1.54, 1.807) is 0 Å². The first kappa shape index (κ1) is 21.9. The topological polar surface area (TPSA) is 18.5 Å². The zero-order valence-electron chi connectivity index (χ0n) is 17.8. The van der Waals surface area contributed by atoms with Gasteiger partial charge in [0.2, 0.25) is 0 Å². The van der Waals surface area contributed by atoms with Crippen molar-refractivity contribution in [3.63, 3.8) is 0 Å². The first-order chi connectivity index (χ1) is 12.8. The van der Waals surface area contributed by atoms with E-state index in [0.29, 0.717) is 5.92 Å². The summed E-state index contributed by atoms with van der Waals surface area (Å²) < 4.78 is 14.1. The first-order valence-electron chi connectivity index (χ1n) is 10.6. The van der Waals surface area contributed by atoms with Gasteiger partial charge in [-0.25, -0.2) is 0 Å². The van der Waals surface area contributed by atoms with Gasteiger partial charge in [-0.3, -0.25) is 0 Å². The van der Waals surface area contributed by atoms with Gasteiger partial charge in [-0.1, -0.05) is 24.1 Å². The van der Waals surface area contributed by atoms with Gasteiger partial charge in [-0.2, -0.15) is 0 Å². The molecule has 1 aromatic carbocycles. The third-order valence-corrected chi connectivity index (χ3v) is 6.89. The Hall–Kier alpha value is -0.770. The number of rotatable bonds is 1. The second-order valence-corrected chi connectivity index (χ2v) is 9.75. The molecular formula is C24H34INO2. The third-order valence-electron chi connectivity index (χ3n) is 6.89. The molecule has 154 valence electrons. The maximum atomic E-state index is 6.70. The molecular weight excluding hydrogens is 461 g/mol. The number of likely N-dealkylation sites (tertiary alicyclic amines) is 1. The van der Waals surface area contributed by atoms with Crippen LogP contribution in [0.2, 0.25) is 0 Å². The number of fused-ring (bicyclic) bond motifs is 3. The highest BCUT2D eigenvalue weighted by atomic mass is 127. The van der Waals surface area contributed by atoms with E-state index >= 15 is 0 Å². The molecule has 0 spiro atoms. The van der Waals surface area contributed by atoms with Crippen LogP contribution < -0.4 is 28.7 Å². The standard InChI is InChI=1S/C24H34NO2.HI/c1-23(2)20-13-15-24(3,14-10-18-25(4)16-8-5-9-17-25)27-22(20)19-11-6-7-12-21(19)26-23;/h6-7,11-12,20,22H,5,8-9,13,15-18H2,1-4H3;1H/q+1;/p-1. The summed E-state index contributed by atoms with van der Waals surface area (Å²) in [6.45, 7) is 10.0. The zero-order chi connectivity index (χ0) is 19.1. The Kier molecular flexibility index (Phi) is 6.39. The molecule has 0 amide bonds. The summed E-state index contributed by atoms with van der Waals surface area (Å²) >= 11 is 0. The van der Waals surface area contributed by atoms with Crippen molar-refractivity contribution in [3.8, 4) is 17.6 Å². The van der Waals surface area contributed by atoms with Gasteiger partial charge >= 0.3 is 0 Å². The molecule has 0 N–H and O–H groups in total. The molecule has 0 radical (unpaired) electrons. The summed E-state index contributed by atoms with van der Waals surface area (Å²) in [6.07, 6.45) is 6.17. The molecule has 3 heterocycles. The van der Waals surface area contributed by atoms with Crippen molar-refractivity contribution in [3.05, 3.63) is 29.8 Å². The number of piperidine rings is 1. The summed E-state index contributed by atoms with van der Waals surface area (Å²) in [5.41, 5.74) is 0.612. The lowest BCUT2D eigenvalue weighted by molar-refractivity contribution is -0.907. The molecule has 4 heteroatoms. The molecule has 3 unspecified atom stereocenters. The lowest BCUT2D eigenvalue weighted by Gasteiger charge is -2.50. The molecule has 4 rings (SSSR count). The van der Waals surface area contributed by atoms with E-state index in [2.05, 4.69) is 57.9 Å². The number of halogens is 1. The van der Waals surface area contributed by atoms with Crippen molar-refractivity contribution in [2.75, 3.05) is 26.7 Å². The van der Waals surface area contributed by atoms with Gasteiger partial charge < -0.3 is 37.9 Å². The van der Waals surface area contributed by atoms with Crippen molar-refractivity contribution in [2.45, 2.75) is 70.2 Å². The molecule has 2 fully saturated rings. The largest absolute Gasteiger partial charge is 1.00 e. The Labute approximate surface area is 187 Å². The van der Waals surface area contributed by atoms with Gasteiger partial charge in [-0.15, -0.1) is 0 Å². The fourth-order valence-corrected chi connectivity index (χ4v) is 5.11. The third kappa shape index (κ3) is 4.37. The van der Waals surface area contributed by atoms with Crippen LogP contribution >= 0.6 is 0 Å². The molecule has 3 aliphatic rings. The molecule has 3 atom stereocenters. The van der Waals surface area contributed by atoms with E-state index in [9.17, 15) is 0 Å². The molecule has 0 saturated carbocycles. The van der Waals surface area contributed by atoms with E-state index in [4.69, 9.17) is 9.47 Å². The minimum atomic E-state index is -0.364. The zero-order valence-corrected chi connectivity index (χ0v) is 19.9. The summed E-state index contributed by atoms with van der Waals surface area (Å²) in [6, 6.07) is 8.34. The highest BCUT2D eigenvalue weighted by molar-refractivity contribution is 5.39. The SMILES string of the molecule is CC1(C#CC[N+]2(C)CCCCC2)CCC2C(O1)c1ccccc1OC2(C)C.[I-]. The average molecular weight is 495 g/mol. The number of para-hydroxylation sites is 1. The van der Waals surface area contributed by atoms with Crippen molar-refractivity contribution in [2.24, 2.45) is 5.92 Å². The molecule has 28 heavy (non-hydrogen) atoms. The van der Waals surface area contributed by atoms with Crippen molar-refractivity contribution >= 4 is 0 Å². The van der Waals surface area contributed by atoms with Crippen LogP contribution in [0.25, 0.3) is 0 Å². The van der Waals surface area contributed by atoms with Crippen LogP contribution in [-0.4, -0.2) is 42.4 Å². The van der Waals surface area contributed by atoms with Gasteiger partial charge in [0.05, 0.1) is 26.2 Å². The van der Waals surface area contributed by atoms with Gasteiger partial charge in [0, 0.05) is 11.5 Å². The number of hydrogen-bond acceptors (Lipinski definition) is 2. The molecule has 0 bridgehead atoms. The number of quaternary nitrogens is 1. The fraction of sp³-hybridized carbons (Fsp3) is 0.667. The lowest BCUT2D eigenvalue weighted by atomic mass is 9.73. The van der Waals surface area contributed by atoms with Crippen LogP contribution in [0.4, 0.5) is 0 Å². The summed E-state index contributed by atoms with van der Waals surface area (Å²) in [5.74, 6) is 8.38. The fourth-order valence-electron chi connectivity index (χ4n) is 5.11. The van der Waals surface area contributed by atoms with Crippen LogP contribution in [-0.2, 0) is 4.74 Å². The first-order valence-corrected chi connectivity index (χ1v) is 10.6. The van der Waals surface area contributed by atoms with Crippen molar-refractivity contribution < 1.29 is 37.9 Å². The van der Waals surface area contributed by atoms with Gasteiger partial charge in [0.25, 0.3) is 0 Å². The Balaban J connectivity index is 0.00000225. The molecule has 2 saturated heterocycles. The smallest absolute Gasteiger partial charge is 0.140 e. The number of nitrogens with zero attached hydrogens (tertiary/aromatic N) is 1. The summed E-state index contributed by atoms with van der Waals surface area (Å²) in [5, 5.41) is 0. The van der Waals surface area contributed by atoms with E-state index in [-0.39, 0.29) is 41.3 Å². The number of hydrogen-bond donors (Lipinski definition) is 0. The second-order valence-electron chi connectivity index (χ2n) is 9.75. The van der Waals surface area contributed by atoms with Crippen LogP contribution in [0.3, 0.4) is 0 Å². The number of ether oxygens (including phenoxy) is 2. The Bertz CT molecular complexity index is 759. The van der Waals surface area contributed by atoms with Crippen molar-refractivity contribution in [1.82, 2.24) is 0 Å². The Morgan fingerprint density at radius 3 is 2.57 bits per heavy atom. The molecule has 3 nitrogen and oxygen atoms in total. The Morgan fingerprint density at radius 1 is 1.11 bits per heavy atom. The van der Waals surface area contributed by atoms with E-state index in [1.807, 2.05) is 6.07 Å². The predicted molar refractivity (Wildman–Crippen MR) is 109 cm³/mol. The van der Waals surface area contributed by atoms with Gasteiger partial charge in [-0.05, 0) is 64.9 Å². The molecule has 3 aliphatic heterocycles. The van der Waals surface area contributed by atoms with Crippen molar-refractivity contribution in [1.29, 1.82) is 0 Å². The maximum Gasteiger partial charge on any atom is 0.140 e. The second kappa shape index (κ2) is 8.16. The van der Waals surface area contributed by atoms with E-state index in [1.165, 1.54) is 37.9 Å². The van der Waals surface area contributed by atoms with Crippen LogP contribution in [0.5, 0.6) is 5.75 Å². The normalized spacial score (nSPS) is 32.4. The van der Waals surface area contributed by atoms with Gasteiger partial charge in [0.15, 0.2) is 0 Å². The highest BCUT2D eigenvalue weighted by Gasteiger charge is 2.50. The quantitative estimate of drug-likeness (QED) is 0.336. The average Bonchev–Trinajstić information content (AvgIpc) is 2.61. The highest BCUT2D eigenvalue weighted by Crippen LogP contribution is 2.52. The predicted octanol–water partition coefficient (Wildman–Crippen LogP) is 1.72. The Morgan fingerprint density at radius 2 is 1.82 bits per heavy atom. The molecule has 0 aromatic heterocycles. The van der Waals surface area contributed by atoms with Crippen LogP contribution in [0.1, 0.15) is 64.5 Å². The maximum absolute atomic E-state index is 6.70. The van der Waals surface area contributed by atoms with Crippen LogP contribution in [0.15, 0.2) is 24.3 Å². The summed E-state index contributed by atoms with van der Waals surface area (Å²) in [4.78, 5) is 0. The van der Waals surface area contributed by atoms with E-state index in [0.717, 1.165) is 29.6 Å². The minimum absolute atomic E-state index is 0. The van der Waals surface area contributed by atoms with Crippen LogP contribution in [0, 0.1) is 17.8 Å². The number of benzene rings is 1. The summed E-state index contributed by atoms with van der Waals surface area (Å²) in [7, 11) is 2.35. The van der Waals surface area contributed by atoms with Gasteiger partial charge in [0.1, 0.15) is 23.5 Å².